The Morgan fingerprint density at radius 2 is 2.09 bits per heavy atom. The third-order valence-corrected chi connectivity index (χ3v) is 4.56. The summed E-state index contributed by atoms with van der Waals surface area (Å²) in [5.74, 6) is 0. The molecule has 0 saturated carbocycles. The van der Waals surface area contributed by atoms with Crippen LogP contribution in [0.3, 0.4) is 0 Å². The topological polar surface area (TPSA) is 72.9 Å². The Morgan fingerprint density at radius 3 is 2.78 bits per heavy atom. The molecule has 7 heteroatoms. The van der Waals surface area contributed by atoms with Gasteiger partial charge in [0.05, 0.1) is 12.6 Å². The Labute approximate surface area is 137 Å². The number of rotatable bonds is 4. The highest BCUT2D eigenvalue weighted by Crippen LogP contribution is 2.22. The van der Waals surface area contributed by atoms with E-state index in [9.17, 15) is 9.90 Å². The van der Waals surface area contributed by atoms with Crippen molar-refractivity contribution in [1.29, 1.82) is 0 Å². The number of hydrogen-bond acceptors (Lipinski definition) is 5. The van der Waals surface area contributed by atoms with Crippen molar-refractivity contribution in [3.8, 4) is 0 Å². The summed E-state index contributed by atoms with van der Waals surface area (Å²) in [5.41, 5.74) is 2.19. The molecular weight excluding hydrogens is 312 g/mol. The van der Waals surface area contributed by atoms with Gasteiger partial charge >= 0.3 is 0 Å². The first-order valence-electron chi connectivity index (χ1n) is 7.22. The number of nitrogens with zero attached hydrogens (tertiary/aromatic N) is 4. The maximum atomic E-state index is 12.7. The fraction of sp³-hybridized carbons (Fsp3) is 0.312. The minimum Gasteiger partial charge on any atom is -0.387 e. The molecule has 6 nitrogen and oxygen atoms in total. The van der Waals surface area contributed by atoms with Crippen molar-refractivity contribution in [2.45, 2.75) is 24.6 Å². The van der Waals surface area contributed by atoms with Crippen molar-refractivity contribution < 1.29 is 5.11 Å². The number of aliphatic hydroxyl groups excluding tert-OH is 1. The summed E-state index contributed by atoms with van der Waals surface area (Å²) in [4.78, 5) is 17.0. The van der Waals surface area contributed by atoms with E-state index in [-0.39, 0.29) is 12.1 Å². The van der Waals surface area contributed by atoms with E-state index in [4.69, 9.17) is 0 Å². The van der Waals surface area contributed by atoms with Crippen LogP contribution in [0.5, 0.6) is 0 Å². The van der Waals surface area contributed by atoms with Gasteiger partial charge in [-0.2, -0.15) is 5.10 Å². The molecule has 0 aliphatic carbocycles. The highest BCUT2D eigenvalue weighted by Gasteiger charge is 2.17. The van der Waals surface area contributed by atoms with Crippen LogP contribution in [0.1, 0.15) is 17.2 Å². The van der Waals surface area contributed by atoms with Gasteiger partial charge in [0.2, 0.25) is 0 Å². The smallest absolute Gasteiger partial charge is 0.265 e. The number of fused-ring (bicyclic) bond motifs is 1. The number of aliphatic hydroxyl groups is 1. The largest absolute Gasteiger partial charge is 0.387 e. The molecule has 0 aliphatic rings. The lowest BCUT2D eigenvalue weighted by Crippen LogP contribution is -2.24. The molecule has 0 amide bonds. The third kappa shape index (κ3) is 2.77. The predicted molar refractivity (Wildman–Crippen MR) is 90.7 cm³/mol. The number of thioether (sulfide) groups is 1. The van der Waals surface area contributed by atoms with Crippen LogP contribution in [0.4, 0.5) is 0 Å². The van der Waals surface area contributed by atoms with Crippen LogP contribution in [-0.4, -0.2) is 30.7 Å². The van der Waals surface area contributed by atoms with Gasteiger partial charge in [-0.3, -0.25) is 9.36 Å². The second kappa shape index (κ2) is 6.17. The number of aryl methyl sites for hydroxylation is 2. The lowest BCUT2D eigenvalue weighted by molar-refractivity contribution is 0.154. The van der Waals surface area contributed by atoms with Crippen molar-refractivity contribution in [2.75, 3.05) is 6.26 Å². The van der Waals surface area contributed by atoms with E-state index >= 15 is 0 Å². The monoisotopic (exact) mass is 330 g/mol. The van der Waals surface area contributed by atoms with Crippen LogP contribution in [0.15, 0.2) is 40.4 Å². The molecule has 1 aromatic carbocycles. The van der Waals surface area contributed by atoms with Crippen LogP contribution < -0.4 is 5.56 Å². The Bertz CT molecular complexity index is 916. The molecule has 3 rings (SSSR count). The molecule has 2 heterocycles. The first-order chi connectivity index (χ1) is 11.0. The van der Waals surface area contributed by atoms with Crippen molar-refractivity contribution >= 4 is 22.8 Å². The molecule has 0 bridgehead atoms. The first kappa shape index (κ1) is 15.8. The molecule has 0 saturated heterocycles. The van der Waals surface area contributed by atoms with Crippen molar-refractivity contribution in [2.24, 2.45) is 7.05 Å². The number of hydrogen-bond donors (Lipinski definition) is 1. The summed E-state index contributed by atoms with van der Waals surface area (Å²) in [6, 6.07) is 7.61. The minimum absolute atomic E-state index is 0.162. The second-order valence-corrected chi connectivity index (χ2v) is 6.20. The quantitative estimate of drug-likeness (QED) is 0.740. The molecular formula is C16H18N4O2S. The average Bonchev–Trinajstić information content (AvgIpc) is 2.87. The molecule has 0 aliphatic heterocycles. The van der Waals surface area contributed by atoms with E-state index in [1.54, 1.807) is 11.7 Å². The van der Waals surface area contributed by atoms with E-state index in [1.807, 2.05) is 37.4 Å². The van der Waals surface area contributed by atoms with Crippen molar-refractivity contribution in [3.05, 3.63) is 52.1 Å². The Morgan fingerprint density at radius 1 is 1.35 bits per heavy atom. The molecule has 120 valence electrons. The van der Waals surface area contributed by atoms with Gasteiger partial charge in [-0.15, -0.1) is 11.8 Å². The average molecular weight is 330 g/mol. The maximum Gasteiger partial charge on any atom is 0.265 e. The molecule has 0 spiro atoms. The van der Waals surface area contributed by atoms with Crippen LogP contribution in [0.25, 0.3) is 11.0 Å². The van der Waals surface area contributed by atoms with Crippen molar-refractivity contribution in [1.82, 2.24) is 19.3 Å². The molecule has 23 heavy (non-hydrogen) atoms. The summed E-state index contributed by atoms with van der Waals surface area (Å²) >= 11 is 1.41. The minimum atomic E-state index is -0.762. The lowest BCUT2D eigenvalue weighted by atomic mass is 10.0. The Kier molecular flexibility index (Phi) is 4.23. The second-order valence-electron chi connectivity index (χ2n) is 5.41. The molecule has 3 aromatic rings. The SMILES string of the molecule is CSc1nn(C)c2ncn(CC(O)c3ccccc3C)c(=O)c12. The fourth-order valence-corrected chi connectivity index (χ4v) is 3.25. The highest BCUT2D eigenvalue weighted by atomic mass is 32.2. The zero-order valence-electron chi connectivity index (χ0n) is 13.2. The zero-order valence-corrected chi connectivity index (χ0v) is 14.0. The number of benzene rings is 1. The van der Waals surface area contributed by atoms with E-state index in [0.29, 0.717) is 16.1 Å². The summed E-state index contributed by atoms with van der Waals surface area (Å²) in [6.07, 6.45) is 2.58. The van der Waals surface area contributed by atoms with Gasteiger partial charge in [0.1, 0.15) is 16.7 Å². The van der Waals surface area contributed by atoms with Gasteiger partial charge in [0, 0.05) is 7.05 Å². The van der Waals surface area contributed by atoms with Gasteiger partial charge in [-0.25, -0.2) is 9.67 Å². The van der Waals surface area contributed by atoms with E-state index in [0.717, 1.165) is 11.1 Å². The number of aromatic nitrogens is 4. The molecule has 0 radical (unpaired) electrons. The molecule has 1 unspecified atom stereocenters. The summed E-state index contributed by atoms with van der Waals surface area (Å²) < 4.78 is 3.05. The van der Waals surface area contributed by atoms with Gasteiger partial charge in [0.15, 0.2) is 5.65 Å². The molecule has 1 N–H and O–H groups in total. The van der Waals surface area contributed by atoms with Gasteiger partial charge < -0.3 is 5.11 Å². The highest BCUT2D eigenvalue weighted by molar-refractivity contribution is 7.98. The predicted octanol–water partition coefficient (Wildman–Crippen LogP) is 1.89. The third-order valence-electron chi connectivity index (χ3n) is 3.89. The summed E-state index contributed by atoms with van der Waals surface area (Å²) in [7, 11) is 1.76. The van der Waals surface area contributed by atoms with Gasteiger partial charge in [-0.1, -0.05) is 24.3 Å². The van der Waals surface area contributed by atoms with Crippen LogP contribution in [-0.2, 0) is 13.6 Å². The van der Waals surface area contributed by atoms with E-state index < -0.39 is 6.10 Å². The standard InChI is InChI=1S/C16H18N4O2S/c1-10-6-4-5-7-11(10)12(21)8-20-9-17-14-13(16(20)22)15(23-3)18-19(14)2/h4-7,9,12,21H,8H2,1-3H3. The van der Waals surface area contributed by atoms with Crippen LogP contribution in [0.2, 0.25) is 0 Å². The Balaban J connectivity index is 2.03. The van der Waals surface area contributed by atoms with Crippen molar-refractivity contribution in [3.63, 3.8) is 0 Å². The maximum absolute atomic E-state index is 12.7. The van der Waals surface area contributed by atoms with E-state index in [1.165, 1.54) is 22.7 Å². The molecule has 1 atom stereocenters. The zero-order chi connectivity index (χ0) is 16.6. The van der Waals surface area contributed by atoms with Crippen LogP contribution in [0, 0.1) is 6.92 Å². The lowest BCUT2D eigenvalue weighted by Gasteiger charge is -2.15. The fourth-order valence-electron chi connectivity index (χ4n) is 2.66. The van der Waals surface area contributed by atoms with E-state index in [2.05, 4.69) is 10.1 Å². The first-order valence-corrected chi connectivity index (χ1v) is 8.45. The van der Waals surface area contributed by atoms with Gasteiger partial charge in [-0.05, 0) is 24.3 Å². The summed E-state index contributed by atoms with van der Waals surface area (Å²) in [5, 5.41) is 15.9. The summed E-state index contributed by atoms with van der Waals surface area (Å²) in [6.45, 7) is 2.10. The van der Waals surface area contributed by atoms with Gasteiger partial charge in [0.25, 0.3) is 5.56 Å². The normalized spacial score (nSPS) is 12.7. The molecule has 2 aromatic heterocycles. The van der Waals surface area contributed by atoms with Crippen LogP contribution >= 0.6 is 11.8 Å². The molecule has 0 fully saturated rings. The Hall–Kier alpha value is -2.12.